The lowest BCUT2D eigenvalue weighted by Gasteiger charge is -2.39. The lowest BCUT2D eigenvalue weighted by molar-refractivity contribution is 0.0628. The molecule has 6 nitrogen and oxygen atoms in total. The van der Waals surface area contributed by atoms with Gasteiger partial charge in [-0.05, 0) is 38.9 Å². The molecule has 0 radical (unpaired) electrons. The van der Waals surface area contributed by atoms with E-state index in [1.54, 1.807) is 7.11 Å². The first-order chi connectivity index (χ1) is 12.1. The maximum Gasteiger partial charge on any atom is 0.259 e. The molecule has 0 aromatic carbocycles. The van der Waals surface area contributed by atoms with Crippen LogP contribution in [0.1, 0.15) is 35.3 Å². The molecule has 25 heavy (non-hydrogen) atoms. The Hall–Kier alpha value is -1.66. The Morgan fingerprint density at radius 1 is 1.16 bits per heavy atom. The van der Waals surface area contributed by atoms with Crippen LogP contribution in [0.4, 0.5) is 0 Å². The maximum atomic E-state index is 13.1. The number of aryl methyl sites for hydroxylation is 1. The molecule has 0 bridgehead atoms. The zero-order valence-corrected chi connectivity index (χ0v) is 15.7. The van der Waals surface area contributed by atoms with Crippen LogP contribution in [0.2, 0.25) is 0 Å². The minimum Gasteiger partial charge on any atom is -0.480 e. The summed E-state index contributed by atoms with van der Waals surface area (Å²) in [6.07, 6.45) is 3.43. The molecule has 1 aromatic heterocycles. The summed E-state index contributed by atoms with van der Waals surface area (Å²) < 4.78 is 5.35. The van der Waals surface area contributed by atoms with Crippen molar-refractivity contribution in [1.82, 2.24) is 19.7 Å². The van der Waals surface area contributed by atoms with Crippen molar-refractivity contribution in [1.29, 1.82) is 0 Å². The Kier molecular flexibility index (Phi) is 5.91. The third kappa shape index (κ3) is 4.30. The average molecular weight is 346 g/mol. The lowest BCUT2D eigenvalue weighted by Crippen LogP contribution is -2.52. The minimum atomic E-state index is 0.0466. The molecule has 3 heterocycles. The average Bonchev–Trinajstić information content (AvgIpc) is 2.88. The molecule has 2 aliphatic rings. The Labute approximate surface area is 150 Å². The Bertz CT molecular complexity index is 599. The van der Waals surface area contributed by atoms with Gasteiger partial charge in [-0.2, -0.15) is 0 Å². The summed E-state index contributed by atoms with van der Waals surface area (Å²) >= 11 is 0. The molecule has 3 rings (SSSR count). The number of hydrogen-bond acceptors (Lipinski definition) is 5. The van der Waals surface area contributed by atoms with E-state index >= 15 is 0 Å². The topological polar surface area (TPSA) is 48.9 Å². The zero-order valence-electron chi connectivity index (χ0n) is 15.7. The molecule has 2 fully saturated rings. The summed E-state index contributed by atoms with van der Waals surface area (Å²) in [5, 5.41) is 0. The van der Waals surface area contributed by atoms with Crippen LogP contribution in [0.25, 0.3) is 0 Å². The second-order valence-electron chi connectivity index (χ2n) is 7.25. The summed E-state index contributed by atoms with van der Waals surface area (Å²) in [5.74, 6) is 0.482. The van der Waals surface area contributed by atoms with E-state index in [4.69, 9.17) is 4.74 Å². The summed E-state index contributed by atoms with van der Waals surface area (Å²) in [4.78, 5) is 24.4. The number of ether oxygens (including phenoxy) is 1. The van der Waals surface area contributed by atoms with E-state index in [0.717, 1.165) is 51.4 Å². The van der Waals surface area contributed by atoms with Gasteiger partial charge in [-0.25, -0.2) is 4.98 Å². The Morgan fingerprint density at radius 2 is 1.92 bits per heavy atom. The smallest absolute Gasteiger partial charge is 0.259 e. The van der Waals surface area contributed by atoms with E-state index in [1.807, 2.05) is 24.0 Å². The molecule has 1 amide bonds. The van der Waals surface area contributed by atoms with E-state index in [-0.39, 0.29) is 5.91 Å². The molecule has 0 N–H and O–H groups in total. The van der Waals surface area contributed by atoms with Crippen LogP contribution < -0.4 is 4.74 Å². The van der Waals surface area contributed by atoms with Crippen LogP contribution in [0.3, 0.4) is 0 Å². The van der Waals surface area contributed by atoms with Gasteiger partial charge in [-0.1, -0.05) is 6.42 Å². The van der Waals surface area contributed by atoms with Gasteiger partial charge in [0.25, 0.3) is 5.91 Å². The molecule has 0 unspecified atom stereocenters. The number of nitrogens with zero attached hydrogens (tertiary/aromatic N) is 4. The van der Waals surface area contributed by atoms with Crippen molar-refractivity contribution in [2.75, 3.05) is 53.4 Å². The number of amides is 1. The summed E-state index contributed by atoms with van der Waals surface area (Å²) in [6.45, 7) is 7.95. The predicted molar refractivity (Wildman–Crippen MR) is 98.1 cm³/mol. The number of carbonyl (C=O) groups excluding carboxylic acids is 1. The second kappa shape index (κ2) is 8.15. The molecule has 6 heteroatoms. The van der Waals surface area contributed by atoms with Crippen LogP contribution >= 0.6 is 0 Å². The van der Waals surface area contributed by atoms with Crippen molar-refractivity contribution >= 4 is 5.91 Å². The number of rotatable bonds is 3. The third-order valence-corrected chi connectivity index (χ3v) is 5.41. The highest BCUT2D eigenvalue weighted by molar-refractivity contribution is 5.96. The molecule has 1 atom stereocenters. The van der Waals surface area contributed by atoms with Crippen molar-refractivity contribution in [3.8, 4) is 5.88 Å². The van der Waals surface area contributed by atoms with Crippen LogP contribution in [0.5, 0.6) is 5.88 Å². The van der Waals surface area contributed by atoms with Gasteiger partial charge in [0.15, 0.2) is 0 Å². The third-order valence-electron chi connectivity index (χ3n) is 5.41. The quantitative estimate of drug-likeness (QED) is 0.833. The summed E-state index contributed by atoms with van der Waals surface area (Å²) in [5.41, 5.74) is 1.44. The van der Waals surface area contributed by atoms with E-state index in [9.17, 15) is 4.79 Å². The summed E-state index contributed by atoms with van der Waals surface area (Å²) in [6, 6.07) is 4.19. The van der Waals surface area contributed by atoms with Crippen molar-refractivity contribution in [2.45, 2.75) is 32.2 Å². The van der Waals surface area contributed by atoms with E-state index in [1.165, 1.54) is 12.8 Å². The summed E-state index contributed by atoms with van der Waals surface area (Å²) in [7, 11) is 3.75. The number of pyridine rings is 1. The first-order valence-corrected chi connectivity index (χ1v) is 9.32. The number of likely N-dealkylation sites (N-methyl/N-ethyl adjacent to an activating group) is 1. The highest BCUT2D eigenvalue weighted by atomic mass is 16.5. The standard InChI is InChI=1S/C19H30N4O2/c1-15-7-8-17(18(20-15)25-3)19(24)23-9-5-4-6-16(14-23)22-12-10-21(2)11-13-22/h7-8,16H,4-6,9-14H2,1-3H3/t16-/m1/s1. The normalized spacial score (nSPS) is 23.3. The van der Waals surface area contributed by atoms with Gasteiger partial charge in [0.1, 0.15) is 5.56 Å². The van der Waals surface area contributed by atoms with Gasteiger partial charge in [0, 0.05) is 51.0 Å². The first-order valence-electron chi connectivity index (χ1n) is 9.32. The van der Waals surface area contributed by atoms with Crippen LogP contribution in [-0.4, -0.2) is 85.1 Å². The molecule has 0 aliphatic carbocycles. The molecule has 2 saturated heterocycles. The highest BCUT2D eigenvalue weighted by Gasteiger charge is 2.29. The molecule has 138 valence electrons. The van der Waals surface area contributed by atoms with E-state index < -0.39 is 0 Å². The van der Waals surface area contributed by atoms with Gasteiger partial charge in [0.2, 0.25) is 5.88 Å². The number of methoxy groups -OCH3 is 1. The van der Waals surface area contributed by atoms with Crippen molar-refractivity contribution in [3.05, 3.63) is 23.4 Å². The SMILES string of the molecule is COc1nc(C)ccc1C(=O)N1CCCC[C@@H](N2CCN(C)CC2)C1. The number of likely N-dealkylation sites (tertiary alicyclic amines) is 1. The number of piperazine rings is 1. The van der Waals surface area contributed by atoms with E-state index in [2.05, 4.69) is 21.8 Å². The zero-order chi connectivity index (χ0) is 17.8. The largest absolute Gasteiger partial charge is 0.480 e. The van der Waals surface area contributed by atoms with Crippen molar-refractivity contribution in [2.24, 2.45) is 0 Å². The number of carbonyl (C=O) groups is 1. The van der Waals surface area contributed by atoms with Crippen LogP contribution in [-0.2, 0) is 0 Å². The van der Waals surface area contributed by atoms with Gasteiger partial charge in [-0.15, -0.1) is 0 Å². The van der Waals surface area contributed by atoms with Gasteiger partial charge in [-0.3, -0.25) is 9.69 Å². The molecule has 0 saturated carbocycles. The maximum absolute atomic E-state index is 13.1. The molecule has 0 spiro atoms. The minimum absolute atomic E-state index is 0.0466. The highest BCUT2D eigenvalue weighted by Crippen LogP contribution is 2.22. The number of hydrogen-bond donors (Lipinski definition) is 0. The Morgan fingerprint density at radius 3 is 2.64 bits per heavy atom. The first kappa shape index (κ1) is 18.1. The van der Waals surface area contributed by atoms with Crippen molar-refractivity contribution in [3.63, 3.8) is 0 Å². The lowest BCUT2D eigenvalue weighted by atomic mass is 10.1. The fourth-order valence-electron chi connectivity index (χ4n) is 3.81. The molecule has 1 aromatic rings. The van der Waals surface area contributed by atoms with Crippen LogP contribution in [0, 0.1) is 6.92 Å². The van der Waals surface area contributed by atoms with Gasteiger partial charge < -0.3 is 14.5 Å². The van der Waals surface area contributed by atoms with Crippen molar-refractivity contribution < 1.29 is 9.53 Å². The second-order valence-corrected chi connectivity index (χ2v) is 7.25. The predicted octanol–water partition coefficient (Wildman–Crippen LogP) is 1.64. The molecular weight excluding hydrogens is 316 g/mol. The van der Waals surface area contributed by atoms with Gasteiger partial charge >= 0.3 is 0 Å². The van der Waals surface area contributed by atoms with Gasteiger partial charge in [0.05, 0.1) is 7.11 Å². The molecular formula is C19H30N4O2. The fraction of sp³-hybridized carbons (Fsp3) is 0.684. The Balaban J connectivity index is 1.73. The monoisotopic (exact) mass is 346 g/mol. The van der Waals surface area contributed by atoms with Crippen LogP contribution in [0.15, 0.2) is 12.1 Å². The number of aromatic nitrogens is 1. The molecule has 2 aliphatic heterocycles. The van der Waals surface area contributed by atoms with E-state index in [0.29, 0.717) is 17.5 Å². The fourth-order valence-corrected chi connectivity index (χ4v) is 3.81.